The number of rotatable bonds is 5. The van der Waals surface area contributed by atoms with Gasteiger partial charge in [-0.2, -0.15) is 0 Å². The zero-order valence-electron chi connectivity index (χ0n) is 8.87. The third kappa shape index (κ3) is 3.33. The summed E-state index contributed by atoms with van der Waals surface area (Å²) >= 11 is 1.10. The Hall–Kier alpha value is -1.79. The van der Waals surface area contributed by atoms with Crippen LogP contribution in [0.25, 0.3) is 0 Å². The molecule has 2 aromatic heterocycles. The standard InChI is InChI=1S/C11H10N2O3S/c14-11(15)10-13-9(7-17-10)6-16-5-8-3-1-2-4-12-8/h1-4,7H,5-6H2,(H,14,15). The smallest absolute Gasteiger partial charge is 0.365 e. The lowest BCUT2D eigenvalue weighted by molar-refractivity contribution is 0.0694. The van der Waals surface area contributed by atoms with Gasteiger partial charge in [0.2, 0.25) is 5.01 Å². The molecule has 5 nitrogen and oxygen atoms in total. The molecule has 0 fully saturated rings. The van der Waals surface area contributed by atoms with Crippen molar-refractivity contribution in [3.8, 4) is 0 Å². The molecular weight excluding hydrogens is 240 g/mol. The van der Waals surface area contributed by atoms with Crippen LogP contribution < -0.4 is 0 Å². The van der Waals surface area contributed by atoms with Gasteiger partial charge in [-0.15, -0.1) is 11.3 Å². The topological polar surface area (TPSA) is 72.3 Å². The average molecular weight is 250 g/mol. The first kappa shape index (κ1) is 11.7. The van der Waals surface area contributed by atoms with E-state index >= 15 is 0 Å². The second-order valence-electron chi connectivity index (χ2n) is 3.26. The molecule has 0 spiro atoms. The van der Waals surface area contributed by atoms with E-state index in [0.717, 1.165) is 17.0 Å². The molecule has 0 saturated carbocycles. The summed E-state index contributed by atoms with van der Waals surface area (Å²) < 4.78 is 5.39. The molecule has 0 aliphatic carbocycles. The Labute approximate surface area is 102 Å². The lowest BCUT2D eigenvalue weighted by Crippen LogP contribution is -1.98. The molecule has 2 rings (SSSR count). The maximum absolute atomic E-state index is 10.6. The molecule has 0 aliphatic rings. The quantitative estimate of drug-likeness (QED) is 0.878. The molecule has 6 heteroatoms. The van der Waals surface area contributed by atoms with E-state index in [1.807, 2.05) is 18.2 Å². The largest absolute Gasteiger partial charge is 0.476 e. The molecule has 1 N–H and O–H groups in total. The fraction of sp³-hybridized carbons (Fsp3) is 0.182. The van der Waals surface area contributed by atoms with Crippen LogP contribution in [-0.2, 0) is 18.0 Å². The molecule has 0 radical (unpaired) electrons. The van der Waals surface area contributed by atoms with Crippen molar-refractivity contribution in [1.82, 2.24) is 9.97 Å². The minimum atomic E-state index is -1.01. The molecule has 0 saturated heterocycles. The Morgan fingerprint density at radius 3 is 2.82 bits per heavy atom. The van der Waals surface area contributed by atoms with E-state index in [1.54, 1.807) is 11.6 Å². The first-order valence-corrected chi connectivity index (χ1v) is 5.79. The van der Waals surface area contributed by atoms with Gasteiger partial charge in [0.25, 0.3) is 0 Å². The van der Waals surface area contributed by atoms with Crippen LogP contribution in [0.4, 0.5) is 0 Å². The molecule has 88 valence electrons. The normalized spacial score (nSPS) is 10.4. The first-order chi connectivity index (χ1) is 8.25. The van der Waals surface area contributed by atoms with Crippen molar-refractivity contribution < 1.29 is 14.6 Å². The highest BCUT2D eigenvalue weighted by molar-refractivity contribution is 7.11. The van der Waals surface area contributed by atoms with Gasteiger partial charge in [0.1, 0.15) is 0 Å². The van der Waals surface area contributed by atoms with Crippen molar-refractivity contribution in [2.24, 2.45) is 0 Å². The lowest BCUT2D eigenvalue weighted by Gasteiger charge is -2.00. The van der Waals surface area contributed by atoms with Crippen molar-refractivity contribution >= 4 is 17.3 Å². The van der Waals surface area contributed by atoms with Gasteiger partial charge in [0.15, 0.2) is 0 Å². The van der Waals surface area contributed by atoms with Crippen LogP contribution in [0.5, 0.6) is 0 Å². The summed E-state index contributed by atoms with van der Waals surface area (Å²) in [4.78, 5) is 18.6. The van der Waals surface area contributed by atoms with Crippen molar-refractivity contribution in [2.75, 3.05) is 0 Å². The van der Waals surface area contributed by atoms with Gasteiger partial charge in [-0.1, -0.05) is 6.07 Å². The van der Waals surface area contributed by atoms with E-state index in [1.165, 1.54) is 0 Å². The summed E-state index contributed by atoms with van der Waals surface area (Å²) in [6.07, 6.45) is 1.70. The van der Waals surface area contributed by atoms with Gasteiger partial charge in [-0.3, -0.25) is 4.98 Å². The Kier molecular flexibility index (Phi) is 3.79. The van der Waals surface area contributed by atoms with Crippen LogP contribution >= 0.6 is 11.3 Å². The summed E-state index contributed by atoms with van der Waals surface area (Å²) in [7, 11) is 0. The zero-order valence-corrected chi connectivity index (χ0v) is 9.68. The van der Waals surface area contributed by atoms with E-state index in [9.17, 15) is 4.79 Å². The lowest BCUT2D eigenvalue weighted by atomic mass is 10.4. The van der Waals surface area contributed by atoms with E-state index in [4.69, 9.17) is 9.84 Å². The van der Waals surface area contributed by atoms with Crippen LogP contribution in [0, 0.1) is 0 Å². The number of thiazole rings is 1. The summed E-state index contributed by atoms with van der Waals surface area (Å²) in [6, 6.07) is 5.59. The predicted molar refractivity (Wildman–Crippen MR) is 61.8 cm³/mol. The van der Waals surface area contributed by atoms with Crippen LogP contribution in [0.15, 0.2) is 29.8 Å². The van der Waals surface area contributed by atoms with Gasteiger partial charge in [-0.05, 0) is 12.1 Å². The number of carbonyl (C=O) groups is 1. The number of aromatic nitrogens is 2. The summed E-state index contributed by atoms with van der Waals surface area (Å²) in [5, 5.41) is 10.5. The molecular formula is C11H10N2O3S. The number of ether oxygens (including phenoxy) is 1. The number of hydrogen-bond donors (Lipinski definition) is 1. The third-order valence-electron chi connectivity index (χ3n) is 1.96. The van der Waals surface area contributed by atoms with Crippen molar-refractivity contribution in [2.45, 2.75) is 13.2 Å². The molecule has 17 heavy (non-hydrogen) atoms. The number of carboxylic acids is 1. The Bertz CT molecular complexity index is 498. The molecule has 0 aromatic carbocycles. The van der Waals surface area contributed by atoms with Gasteiger partial charge in [-0.25, -0.2) is 9.78 Å². The number of carboxylic acid groups (broad SMARTS) is 1. The van der Waals surface area contributed by atoms with Crippen molar-refractivity contribution in [3.05, 3.63) is 46.2 Å². The van der Waals surface area contributed by atoms with Crippen LogP contribution in [-0.4, -0.2) is 21.0 Å². The molecule has 2 aromatic rings. The maximum Gasteiger partial charge on any atom is 0.365 e. The van der Waals surface area contributed by atoms with Gasteiger partial charge in [0, 0.05) is 11.6 Å². The molecule has 0 aliphatic heterocycles. The highest BCUT2D eigenvalue weighted by atomic mass is 32.1. The number of aromatic carboxylic acids is 1. The fourth-order valence-corrected chi connectivity index (χ4v) is 1.85. The van der Waals surface area contributed by atoms with Crippen LogP contribution in [0.2, 0.25) is 0 Å². The highest BCUT2D eigenvalue weighted by Crippen LogP contribution is 2.11. The SMILES string of the molecule is O=C(O)c1nc(COCc2ccccn2)cs1. The van der Waals surface area contributed by atoms with E-state index in [0.29, 0.717) is 18.9 Å². The number of hydrogen-bond acceptors (Lipinski definition) is 5. The molecule has 0 unspecified atom stereocenters. The first-order valence-electron chi connectivity index (χ1n) is 4.91. The average Bonchev–Trinajstić information content (AvgIpc) is 2.79. The van der Waals surface area contributed by atoms with Gasteiger partial charge < -0.3 is 9.84 Å². The number of nitrogens with zero attached hydrogens (tertiary/aromatic N) is 2. The molecule has 2 heterocycles. The Morgan fingerprint density at radius 1 is 1.35 bits per heavy atom. The van der Waals surface area contributed by atoms with Gasteiger partial charge >= 0.3 is 5.97 Å². The van der Waals surface area contributed by atoms with Crippen molar-refractivity contribution in [1.29, 1.82) is 0 Å². The molecule has 0 amide bonds. The number of pyridine rings is 1. The van der Waals surface area contributed by atoms with Gasteiger partial charge in [0.05, 0.1) is 24.6 Å². The summed E-state index contributed by atoms with van der Waals surface area (Å²) in [5.41, 5.74) is 1.46. The van der Waals surface area contributed by atoms with E-state index in [-0.39, 0.29) is 5.01 Å². The van der Waals surface area contributed by atoms with E-state index in [2.05, 4.69) is 9.97 Å². The summed E-state index contributed by atoms with van der Waals surface area (Å²) in [6.45, 7) is 0.682. The van der Waals surface area contributed by atoms with E-state index < -0.39 is 5.97 Å². The van der Waals surface area contributed by atoms with Crippen molar-refractivity contribution in [3.63, 3.8) is 0 Å². The fourth-order valence-electron chi connectivity index (χ4n) is 1.22. The second-order valence-corrected chi connectivity index (χ2v) is 4.12. The third-order valence-corrected chi connectivity index (χ3v) is 2.84. The maximum atomic E-state index is 10.6. The molecule has 0 atom stereocenters. The second kappa shape index (κ2) is 5.51. The Morgan fingerprint density at radius 2 is 2.18 bits per heavy atom. The van der Waals surface area contributed by atoms with Crippen LogP contribution in [0.3, 0.4) is 0 Å². The minimum absolute atomic E-state index is 0.0847. The highest BCUT2D eigenvalue weighted by Gasteiger charge is 2.08. The minimum Gasteiger partial charge on any atom is -0.476 e. The summed E-state index contributed by atoms with van der Waals surface area (Å²) in [5.74, 6) is -1.01. The molecule has 0 bridgehead atoms. The Balaban J connectivity index is 1.84. The predicted octanol–water partition coefficient (Wildman–Crippen LogP) is 1.95. The monoisotopic (exact) mass is 250 g/mol. The van der Waals surface area contributed by atoms with Crippen LogP contribution in [0.1, 0.15) is 21.2 Å². The zero-order chi connectivity index (χ0) is 12.1.